The molecule has 2 unspecified atom stereocenters. The van der Waals surface area contributed by atoms with E-state index in [1.807, 2.05) is 0 Å². The Morgan fingerprint density at radius 3 is 3.24 bits per heavy atom. The van der Waals surface area contributed by atoms with E-state index in [0.717, 1.165) is 11.5 Å². The molecule has 17 heavy (non-hydrogen) atoms. The third-order valence-electron chi connectivity index (χ3n) is 2.94. The molecule has 88 valence electrons. The quantitative estimate of drug-likeness (QED) is 0.805. The molecule has 2 saturated heterocycles. The molecule has 1 aromatic rings. The van der Waals surface area contributed by atoms with Gasteiger partial charge in [-0.05, 0) is 12.1 Å². The second kappa shape index (κ2) is 4.03. The van der Waals surface area contributed by atoms with E-state index in [9.17, 15) is 4.79 Å². The molecule has 0 spiro atoms. The first kappa shape index (κ1) is 10.6. The Balaban J connectivity index is 1.89. The van der Waals surface area contributed by atoms with E-state index in [1.54, 1.807) is 30.1 Å². The molecule has 0 bridgehead atoms. The number of hydrogen-bond donors (Lipinski definition) is 1. The zero-order valence-electron chi connectivity index (χ0n) is 9.00. The van der Waals surface area contributed by atoms with Crippen LogP contribution in [-0.2, 0) is 4.74 Å². The molecule has 5 nitrogen and oxygen atoms in total. The van der Waals surface area contributed by atoms with E-state index in [-0.39, 0.29) is 24.1 Å². The Kier molecular flexibility index (Phi) is 2.51. The van der Waals surface area contributed by atoms with Crippen LogP contribution in [0.2, 0.25) is 0 Å². The minimum atomic E-state index is -0.196. The number of hydrogen-bond acceptors (Lipinski definition) is 5. The summed E-state index contributed by atoms with van der Waals surface area (Å²) < 4.78 is 5.39. The van der Waals surface area contributed by atoms with Gasteiger partial charge in [0.15, 0.2) is 0 Å². The highest BCUT2D eigenvalue weighted by Gasteiger charge is 2.46. The number of carbonyl (C=O) groups excluding carboxylic acids is 1. The topological polar surface area (TPSA) is 66.3 Å². The van der Waals surface area contributed by atoms with Crippen molar-refractivity contribution in [2.45, 2.75) is 12.1 Å². The smallest absolute Gasteiger partial charge is 0.292 e. The van der Waals surface area contributed by atoms with Gasteiger partial charge in [-0.1, -0.05) is 0 Å². The van der Waals surface area contributed by atoms with Gasteiger partial charge in [-0.15, -0.1) is 0 Å². The number of carbonyl (C=O) groups is 1. The molecule has 2 fully saturated rings. The van der Waals surface area contributed by atoms with Crippen LogP contribution in [0.25, 0.3) is 0 Å². The number of rotatable bonds is 1. The highest BCUT2D eigenvalue weighted by molar-refractivity contribution is 7.99. The zero-order valence-corrected chi connectivity index (χ0v) is 9.81. The lowest BCUT2D eigenvalue weighted by atomic mass is 10.2. The van der Waals surface area contributed by atoms with Gasteiger partial charge in [0.1, 0.15) is 6.10 Å². The summed E-state index contributed by atoms with van der Waals surface area (Å²) in [6, 6.07) is 3.39. The fourth-order valence-corrected chi connectivity index (χ4v) is 3.36. The lowest BCUT2D eigenvalue weighted by Gasteiger charge is -2.18. The minimum Gasteiger partial charge on any atom is -0.459 e. The van der Waals surface area contributed by atoms with Gasteiger partial charge in [0, 0.05) is 23.9 Å². The summed E-state index contributed by atoms with van der Waals surface area (Å²) in [6.45, 7) is 0. The van der Waals surface area contributed by atoms with Crippen molar-refractivity contribution < 1.29 is 9.53 Å². The van der Waals surface area contributed by atoms with Crippen LogP contribution < -0.4 is 0 Å². The number of thioether (sulfide) groups is 1. The summed E-state index contributed by atoms with van der Waals surface area (Å²) >= 11 is 1.75. The van der Waals surface area contributed by atoms with Crippen LogP contribution in [0.1, 0.15) is 10.4 Å². The van der Waals surface area contributed by atoms with E-state index in [0.29, 0.717) is 5.56 Å². The maximum absolute atomic E-state index is 12.3. The van der Waals surface area contributed by atoms with Crippen LogP contribution in [0, 0.1) is 5.41 Å². The van der Waals surface area contributed by atoms with E-state index in [2.05, 4.69) is 4.98 Å². The summed E-state index contributed by atoms with van der Waals surface area (Å²) in [6.07, 6.45) is 3.12. The first-order valence-electron chi connectivity index (χ1n) is 5.34. The van der Waals surface area contributed by atoms with Crippen LogP contribution in [0.5, 0.6) is 0 Å². The number of amidine groups is 1. The molecule has 1 N–H and O–H groups in total. The Labute approximate surface area is 103 Å². The molecule has 1 amide bonds. The number of fused-ring (bicyclic) bond motifs is 1. The number of nitrogens with one attached hydrogen (secondary N) is 1. The number of ether oxygens (including phenoxy) is 1. The first-order chi connectivity index (χ1) is 8.27. The van der Waals surface area contributed by atoms with Crippen LogP contribution in [0.3, 0.4) is 0 Å². The van der Waals surface area contributed by atoms with Crippen molar-refractivity contribution >= 4 is 23.7 Å². The van der Waals surface area contributed by atoms with Gasteiger partial charge in [-0.25, -0.2) is 0 Å². The molecule has 0 aromatic carbocycles. The zero-order chi connectivity index (χ0) is 11.8. The summed E-state index contributed by atoms with van der Waals surface area (Å²) in [7, 11) is 0. The van der Waals surface area contributed by atoms with Crippen LogP contribution in [0.4, 0.5) is 0 Å². The average Bonchev–Trinajstić information content (AvgIpc) is 2.89. The largest absolute Gasteiger partial charge is 0.459 e. The van der Waals surface area contributed by atoms with Crippen molar-refractivity contribution in [3.05, 3.63) is 30.1 Å². The van der Waals surface area contributed by atoms with E-state index in [4.69, 9.17) is 10.1 Å². The lowest BCUT2D eigenvalue weighted by Crippen LogP contribution is -2.41. The Morgan fingerprint density at radius 2 is 2.47 bits per heavy atom. The predicted octanol–water partition coefficient (Wildman–Crippen LogP) is 0.973. The average molecular weight is 249 g/mol. The van der Waals surface area contributed by atoms with Gasteiger partial charge in [-0.2, -0.15) is 11.8 Å². The summed E-state index contributed by atoms with van der Waals surface area (Å²) in [5.74, 6) is 1.49. The van der Waals surface area contributed by atoms with Crippen molar-refractivity contribution in [3.63, 3.8) is 0 Å². The van der Waals surface area contributed by atoms with Gasteiger partial charge in [0.2, 0.25) is 0 Å². The molecule has 6 heteroatoms. The summed E-state index contributed by atoms with van der Waals surface area (Å²) in [5, 5.41) is 7.74. The van der Waals surface area contributed by atoms with Crippen molar-refractivity contribution in [3.8, 4) is 0 Å². The highest BCUT2D eigenvalue weighted by Crippen LogP contribution is 2.32. The van der Waals surface area contributed by atoms with Crippen LogP contribution in [0.15, 0.2) is 24.5 Å². The van der Waals surface area contributed by atoms with Crippen LogP contribution in [-0.4, -0.2) is 45.5 Å². The minimum absolute atomic E-state index is 0.000191. The molecule has 2 aliphatic rings. The molecule has 2 aliphatic heterocycles. The number of pyridine rings is 1. The second-order valence-electron chi connectivity index (χ2n) is 3.98. The standard InChI is InChI=1S/C11H11N3O2S/c12-11-14(8-5-17-6-9(8)16-11)10(15)7-2-1-3-13-4-7/h1-4,8-9,12H,5-6H2. The molecule has 2 atom stereocenters. The maximum atomic E-state index is 12.3. The molecular formula is C11H11N3O2S. The fraction of sp³-hybridized carbons (Fsp3) is 0.364. The van der Waals surface area contributed by atoms with Crippen molar-refractivity contribution in [2.24, 2.45) is 0 Å². The fourth-order valence-electron chi connectivity index (χ4n) is 2.10. The molecule has 3 heterocycles. The molecule has 0 radical (unpaired) electrons. The molecule has 0 saturated carbocycles. The van der Waals surface area contributed by atoms with Crippen LogP contribution >= 0.6 is 11.8 Å². The molecule has 0 aliphatic carbocycles. The Bertz CT molecular complexity index is 465. The Morgan fingerprint density at radius 1 is 1.59 bits per heavy atom. The molecule has 3 rings (SSSR count). The molecule has 1 aromatic heterocycles. The van der Waals surface area contributed by atoms with Gasteiger partial charge < -0.3 is 4.74 Å². The predicted molar refractivity (Wildman–Crippen MR) is 64.1 cm³/mol. The number of aromatic nitrogens is 1. The SMILES string of the molecule is N=C1OC2CSCC2N1C(=O)c1cccnc1. The van der Waals surface area contributed by atoms with E-state index < -0.39 is 0 Å². The van der Waals surface area contributed by atoms with Gasteiger partial charge in [0.05, 0.1) is 11.6 Å². The Hall–Kier alpha value is -1.56. The monoisotopic (exact) mass is 249 g/mol. The van der Waals surface area contributed by atoms with Gasteiger partial charge in [0.25, 0.3) is 11.9 Å². The summed E-state index contributed by atoms with van der Waals surface area (Å²) in [4.78, 5) is 17.6. The second-order valence-corrected chi connectivity index (χ2v) is 5.06. The molecular weight excluding hydrogens is 238 g/mol. The van der Waals surface area contributed by atoms with E-state index >= 15 is 0 Å². The summed E-state index contributed by atoms with van der Waals surface area (Å²) in [5.41, 5.74) is 0.499. The number of nitrogens with zero attached hydrogens (tertiary/aromatic N) is 2. The maximum Gasteiger partial charge on any atom is 0.292 e. The first-order valence-corrected chi connectivity index (χ1v) is 6.49. The van der Waals surface area contributed by atoms with Crippen molar-refractivity contribution in [2.75, 3.05) is 11.5 Å². The van der Waals surface area contributed by atoms with Crippen molar-refractivity contribution in [1.29, 1.82) is 5.41 Å². The van der Waals surface area contributed by atoms with E-state index in [1.165, 1.54) is 11.1 Å². The third-order valence-corrected chi connectivity index (χ3v) is 4.08. The normalized spacial score (nSPS) is 26.8. The highest BCUT2D eigenvalue weighted by atomic mass is 32.2. The third kappa shape index (κ3) is 1.68. The lowest BCUT2D eigenvalue weighted by molar-refractivity contribution is 0.0823. The number of amides is 1. The van der Waals surface area contributed by atoms with Crippen molar-refractivity contribution in [1.82, 2.24) is 9.88 Å². The van der Waals surface area contributed by atoms with Gasteiger partial charge >= 0.3 is 0 Å². The van der Waals surface area contributed by atoms with Gasteiger partial charge in [-0.3, -0.25) is 20.1 Å².